The molecule has 0 aliphatic carbocycles. The summed E-state index contributed by atoms with van der Waals surface area (Å²) in [6, 6.07) is 11.1. The van der Waals surface area contributed by atoms with Gasteiger partial charge >= 0.3 is 0 Å². The van der Waals surface area contributed by atoms with Crippen molar-refractivity contribution in [3.8, 4) is 22.4 Å². The van der Waals surface area contributed by atoms with Gasteiger partial charge in [-0.15, -0.1) is 0 Å². The smallest absolute Gasteiger partial charge is 0.277 e. The van der Waals surface area contributed by atoms with Crippen molar-refractivity contribution in [1.82, 2.24) is 20.0 Å². The Labute approximate surface area is 163 Å². The van der Waals surface area contributed by atoms with E-state index in [0.29, 0.717) is 24.5 Å². The third-order valence-corrected chi connectivity index (χ3v) is 4.72. The van der Waals surface area contributed by atoms with Crippen molar-refractivity contribution in [3.63, 3.8) is 0 Å². The van der Waals surface area contributed by atoms with Gasteiger partial charge in [-0.1, -0.05) is 19.1 Å². The van der Waals surface area contributed by atoms with Crippen LogP contribution in [0.5, 0.6) is 0 Å². The highest BCUT2D eigenvalue weighted by Gasteiger charge is 2.21. The van der Waals surface area contributed by atoms with E-state index >= 15 is 0 Å². The number of carbonyl (C=O) groups is 1. The number of hydroxylamine groups is 2. The minimum atomic E-state index is -0.121. The summed E-state index contributed by atoms with van der Waals surface area (Å²) in [5.41, 5.74) is 10.8. The number of nitrogens with zero attached hydrogens (tertiary/aromatic N) is 4. The highest BCUT2D eigenvalue weighted by molar-refractivity contribution is 5.94. The van der Waals surface area contributed by atoms with Crippen LogP contribution < -0.4 is 5.73 Å². The summed E-state index contributed by atoms with van der Waals surface area (Å²) >= 11 is 0. The molecule has 1 aromatic carbocycles. The predicted molar refractivity (Wildman–Crippen MR) is 106 cm³/mol. The molecule has 1 aliphatic heterocycles. The van der Waals surface area contributed by atoms with Gasteiger partial charge in [0, 0.05) is 28.5 Å². The third kappa shape index (κ3) is 3.44. The number of benzene rings is 1. The first-order chi connectivity index (χ1) is 13.7. The van der Waals surface area contributed by atoms with Gasteiger partial charge in [-0.25, -0.2) is 20.0 Å². The molecule has 0 bridgehead atoms. The number of nitrogen functional groups attached to an aromatic ring is 1. The van der Waals surface area contributed by atoms with E-state index < -0.39 is 0 Å². The first-order valence-electron chi connectivity index (χ1n) is 9.28. The molecule has 4 rings (SSSR count). The SMILES string of the molecule is CCc1ncnc(-c2ccc(C(=O)N3CCCO3)cc2)c1-c1ccc(N)nc1. The first kappa shape index (κ1) is 18.1. The van der Waals surface area contributed by atoms with Gasteiger partial charge in [0.05, 0.1) is 24.5 Å². The Morgan fingerprint density at radius 3 is 2.54 bits per heavy atom. The molecule has 0 spiro atoms. The number of nitrogens with two attached hydrogens (primary N) is 1. The number of hydrogen-bond donors (Lipinski definition) is 1. The fourth-order valence-electron chi connectivity index (χ4n) is 3.29. The lowest BCUT2D eigenvalue weighted by Crippen LogP contribution is -2.26. The highest BCUT2D eigenvalue weighted by atomic mass is 16.7. The summed E-state index contributed by atoms with van der Waals surface area (Å²) in [4.78, 5) is 31.0. The minimum absolute atomic E-state index is 0.121. The fraction of sp³-hybridized carbons (Fsp3) is 0.238. The number of hydrogen-bond acceptors (Lipinski definition) is 6. The van der Waals surface area contributed by atoms with E-state index in [1.807, 2.05) is 18.2 Å². The van der Waals surface area contributed by atoms with E-state index in [-0.39, 0.29) is 5.91 Å². The van der Waals surface area contributed by atoms with Crippen LogP contribution in [0.1, 0.15) is 29.4 Å². The van der Waals surface area contributed by atoms with Gasteiger partial charge in [0.25, 0.3) is 5.91 Å². The molecule has 0 radical (unpaired) electrons. The van der Waals surface area contributed by atoms with Crippen molar-refractivity contribution >= 4 is 11.7 Å². The van der Waals surface area contributed by atoms with Gasteiger partial charge in [-0.3, -0.25) is 9.63 Å². The van der Waals surface area contributed by atoms with Crippen molar-refractivity contribution in [2.24, 2.45) is 0 Å². The molecule has 0 atom stereocenters. The van der Waals surface area contributed by atoms with Gasteiger partial charge in [-0.05, 0) is 37.1 Å². The molecule has 2 N–H and O–H groups in total. The van der Waals surface area contributed by atoms with Crippen molar-refractivity contribution < 1.29 is 9.63 Å². The molecule has 1 aliphatic rings. The Morgan fingerprint density at radius 2 is 1.89 bits per heavy atom. The molecule has 142 valence electrons. The quantitative estimate of drug-likeness (QED) is 0.753. The second kappa shape index (κ2) is 7.74. The van der Waals surface area contributed by atoms with E-state index in [1.54, 1.807) is 30.7 Å². The number of amides is 1. The van der Waals surface area contributed by atoms with Crippen LogP contribution >= 0.6 is 0 Å². The normalized spacial score (nSPS) is 13.7. The maximum atomic E-state index is 12.5. The number of aromatic nitrogens is 3. The Hall–Kier alpha value is -3.32. The van der Waals surface area contributed by atoms with Gasteiger partial charge in [-0.2, -0.15) is 0 Å². The minimum Gasteiger partial charge on any atom is -0.384 e. The Bertz CT molecular complexity index is 981. The van der Waals surface area contributed by atoms with Crippen LogP contribution in [0.25, 0.3) is 22.4 Å². The zero-order valence-electron chi connectivity index (χ0n) is 15.6. The zero-order valence-corrected chi connectivity index (χ0v) is 15.6. The van der Waals surface area contributed by atoms with Crippen LogP contribution in [-0.4, -0.2) is 39.1 Å². The number of pyridine rings is 1. The molecule has 3 heterocycles. The topological polar surface area (TPSA) is 94.2 Å². The second-order valence-electron chi connectivity index (χ2n) is 6.54. The fourth-order valence-corrected chi connectivity index (χ4v) is 3.29. The van der Waals surface area contributed by atoms with Gasteiger partial charge in [0.1, 0.15) is 12.1 Å². The molecule has 1 saturated heterocycles. The lowest BCUT2D eigenvalue weighted by molar-refractivity contribution is -0.0768. The molecule has 28 heavy (non-hydrogen) atoms. The Morgan fingerprint density at radius 1 is 1.11 bits per heavy atom. The van der Waals surface area contributed by atoms with Gasteiger partial charge in [0.15, 0.2) is 0 Å². The average molecular weight is 375 g/mol. The first-order valence-corrected chi connectivity index (χ1v) is 9.28. The zero-order chi connectivity index (χ0) is 19.5. The predicted octanol–water partition coefficient (Wildman–Crippen LogP) is 3.13. The molecule has 1 fully saturated rings. The summed E-state index contributed by atoms with van der Waals surface area (Å²) in [6.45, 7) is 3.27. The Kier molecular flexibility index (Phi) is 4.99. The molecule has 2 aromatic heterocycles. The van der Waals surface area contributed by atoms with Crippen LogP contribution in [0.2, 0.25) is 0 Å². The van der Waals surface area contributed by atoms with Crippen molar-refractivity contribution in [2.75, 3.05) is 18.9 Å². The number of rotatable bonds is 4. The van der Waals surface area contributed by atoms with Crippen molar-refractivity contribution in [2.45, 2.75) is 19.8 Å². The summed E-state index contributed by atoms with van der Waals surface area (Å²) in [6.07, 6.45) is 4.93. The summed E-state index contributed by atoms with van der Waals surface area (Å²) < 4.78 is 0. The van der Waals surface area contributed by atoms with Gasteiger partial charge < -0.3 is 5.73 Å². The van der Waals surface area contributed by atoms with E-state index in [0.717, 1.165) is 40.9 Å². The van der Waals surface area contributed by atoms with Crippen LogP contribution in [0.3, 0.4) is 0 Å². The van der Waals surface area contributed by atoms with Crippen LogP contribution in [0.4, 0.5) is 5.82 Å². The molecular formula is C21H21N5O2. The molecule has 3 aromatic rings. The largest absolute Gasteiger partial charge is 0.384 e. The molecule has 0 unspecified atom stereocenters. The van der Waals surface area contributed by atoms with E-state index in [1.165, 1.54) is 5.06 Å². The molecule has 0 saturated carbocycles. The molecule has 1 amide bonds. The molecular weight excluding hydrogens is 354 g/mol. The van der Waals surface area contributed by atoms with Crippen LogP contribution in [0.15, 0.2) is 48.9 Å². The monoisotopic (exact) mass is 375 g/mol. The highest BCUT2D eigenvalue weighted by Crippen LogP contribution is 2.32. The van der Waals surface area contributed by atoms with E-state index in [2.05, 4.69) is 21.9 Å². The summed E-state index contributed by atoms with van der Waals surface area (Å²) in [7, 11) is 0. The molecule has 7 nitrogen and oxygen atoms in total. The standard InChI is InChI=1S/C21H21N5O2/c1-2-17-19(16-8-9-18(22)23-12-16)20(25-13-24-17)14-4-6-15(7-5-14)21(27)26-10-3-11-28-26/h4-9,12-13H,2-3,10-11H2,1H3,(H2,22,23). The number of aryl methyl sites for hydroxylation is 1. The molecule has 7 heteroatoms. The number of carbonyl (C=O) groups excluding carboxylic acids is 1. The van der Waals surface area contributed by atoms with E-state index in [9.17, 15) is 4.79 Å². The van der Waals surface area contributed by atoms with Crippen molar-refractivity contribution in [1.29, 1.82) is 0 Å². The van der Waals surface area contributed by atoms with Crippen LogP contribution in [0, 0.1) is 0 Å². The van der Waals surface area contributed by atoms with Gasteiger partial charge in [0.2, 0.25) is 0 Å². The lowest BCUT2D eigenvalue weighted by Gasteiger charge is -2.15. The van der Waals surface area contributed by atoms with E-state index in [4.69, 9.17) is 10.6 Å². The maximum Gasteiger partial charge on any atom is 0.277 e. The summed E-state index contributed by atoms with van der Waals surface area (Å²) in [5, 5.41) is 1.42. The lowest BCUT2D eigenvalue weighted by atomic mass is 9.97. The van der Waals surface area contributed by atoms with Crippen LogP contribution in [-0.2, 0) is 11.3 Å². The summed E-state index contributed by atoms with van der Waals surface area (Å²) in [5.74, 6) is 0.344. The third-order valence-electron chi connectivity index (χ3n) is 4.72. The van der Waals surface area contributed by atoms with Crippen molar-refractivity contribution in [3.05, 3.63) is 60.2 Å². The average Bonchev–Trinajstić information content (AvgIpc) is 3.28. The Balaban J connectivity index is 1.73. The second-order valence-corrected chi connectivity index (χ2v) is 6.54. The maximum absolute atomic E-state index is 12.5. The number of anilines is 1.